The molecule has 106 valence electrons. The van der Waals surface area contributed by atoms with Gasteiger partial charge < -0.3 is 5.73 Å². The first-order chi connectivity index (χ1) is 10.1. The number of benzene rings is 2. The smallest absolute Gasteiger partial charge is 0.0763 e. The minimum Gasteiger partial charge on any atom is -0.398 e. The standard InChI is InChI=1S/C18H18N2S/c1-12-5-8-17(13(2)10-12)21-11-14-6-7-16(19)15-4-3-9-20-18(14)15/h3-10H,11,19H2,1-2H3. The molecule has 1 aromatic heterocycles. The van der Waals surface area contributed by atoms with Crippen LogP contribution in [0.1, 0.15) is 16.7 Å². The Kier molecular flexibility index (Phi) is 3.84. The van der Waals surface area contributed by atoms with Gasteiger partial charge in [-0.25, -0.2) is 0 Å². The molecule has 0 aliphatic rings. The van der Waals surface area contributed by atoms with E-state index in [0.29, 0.717) is 0 Å². The Morgan fingerprint density at radius 2 is 1.95 bits per heavy atom. The minimum atomic E-state index is 0.790. The molecule has 0 aliphatic heterocycles. The molecular weight excluding hydrogens is 276 g/mol. The van der Waals surface area contributed by atoms with Crippen molar-refractivity contribution in [1.29, 1.82) is 0 Å². The normalized spacial score (nSPS) is 11.0. The van der Waals surface area contributed by atoms with E-state index in [1.165, 1.54) is 21.6 Å². The van der Waals surface area contributed by atoms with Gasteiger partial charge in [-0.05, 0) is 49.2 Å². The minimum absolute atomic E-state index is 0.790. The Morgan fingerprint density at radius 3 is 2.76 bits per heavy atom. The topological polar surface area (TPSA) is 38.9 Å². The van der Waals surface area contributed by atoms with Crippen LogP contribution in [0.15, 0.2) is 53.6 Å². The van der Waals surface area contributed by atoms with Gasteiger partial charge in [-0.15, -0.1) is 11.8 Å². The predicted octanol–water partition coefficient (Wildman–Crippen LogP) is 4.73. The molecule has 1 heterocycles. The van der Waals surface area contributed by atoms with Gasteiger partial charge in [0.2, 0.25) is 0 Å². The lowest BCUT2D eigenvalue weighted by molar-refractivity contribution is 1.25. The summed E-state index contributed by atoms with van der Waals surface area (Å²) >= 11 is 1.85. The van der Waals surface area contributed by atoms with Gasteiger partial charge in [0, 0.05) is 27.9 Å². The summed E-state index contributed by atoms with van der Waals surface area (Å²) in [5.74, 6) is 0.900. The molecule has 3 rings (SSSR count). The van der Waals surface area contributed by atoms with Crippen molar-refractivity contribution in [2.45, 2.75) is 24.5 Å². The average molecular weight is 294 g/mol. The maximum Gasteiger partial charge on any atom is 0.0763 e. The number of nitrogens with two attached hydrogens (primary N) is 1. The van der Waals surface area contributed by atoms with Crippen LogP contribution in [0.5, 0.6) is 0 Å². The van der Waals surface area contributed by atoms with E-state index in [0.717, 1.165) is 22.3 Å². The highest BCUT2D eigenvalue weighted by molar-refractivity contribution is 7.98. The molecule has 2 nitrogen and oxygen atoms in total. The van der Waals surface area contributed by atoms with E-state index in [2.05, 4.69) is 43.1 Å². The molecule has 0 atom stereocenters. The summed E-state index contributed by atoms with van der Waals surface area (Å²) in [6.07, 6.45) is 1.83. The molecule has 3 heteroatoms. The second-order valence-corrected chi connectivity index (χ2v) is 6.29. The maximum atomic E-state index is 6.03. The molecule has 0 fully saturated rings. The van der Waals surface area contributed by atoms with Gasteiger partial charge in [0.05, 0.1) is 5.52 Å². The van der Waals surface area contributed by atoms with Gasteiger partial charge in [-0.3, -0.25) is 4.98 Å². The molecule has 0 saturated heterocycles. The third-order valence-electron chi connectivity index (χ3n) is 3.60. The molecule has 0 saturated carbocycles. The molecule has 2 N–H and O–H groups in total. The fourth-order valence-corrected chi connectivity index (χ4v) is 3.48. The summed E-state index contributed by atoms with van der Waals surface area (Å²) in [6.45, 7) is 4.29. The first-order valence-electron chi connectivity index (χ1n) is 6.97. The zero-order valence-corrected chi connectivity index (χ0v) is 13.1. The highest BCUT2D eigenvalue weighted by Crippen LogP contribution is 2.30. The fraction of sp³-hybridized carbons (Fsp3) is 0.167. The van der Waals surface area contributed by atoms with Crippen molar-refractivity contribution in [3.63, 3.8) is 0 Å². The number of hydrogen-bond acceptors (Lipinski definition) is 3. The second kappa shape index (κ2) is 5.78. The van der Waals surface area contributed by atoms with Gasteiger partial charge in [-0.1, -0.05) is 23.8 Å². The lowest BCUT2D eigenvalue weighted by Gasteiger charge is -2.09. The van der Waals surface area contributed by atoms with Crippen LogP contribution >= 0.6 is 11.8 Å². The molecule has 0 aliphatic carbocycles. The third kappa shape index (κ3) is 2.88. The van der Waals surface area contributed by atoms with Crippen LogP contribution in [0, 0.1) is 13.8 Å². The van der Waals surface area contributed by atoms with Gasteiger partial charge in [-0.2, -0.15) is 0 Å². The van der Waals surface area contributed by atoms with E-state index < -0.39 is 0 Å². The van der Waals surface area contributed by atoms with E-state index in [-0.39, 0.29) is 0 Å². The molecular formula is C18H18N2S. The van der Waals surface area contributed by atoms with Crippen LogP contribution in [0.3, 0.4) is 0 Å². The Hall–Kier alpha value is -2.00. The quantitative estimate of drug-likeness (QED) is 0.561. The Morgan fingerprint density at radius 1 is 1.10 bits per heavy atom. The lowest BCUT2D eigenvalue weighted by atomic mass is 10.1. The molecule has 0 unspecified atom stereocenters. The highest BCUT2D eigenvalue weighted by atomic mass is 32.2. The average Bonchev–Trinajstić information content (AvgIpc) is 2.48. The van der Waals surface area contributed by atoms with Gasteiger partial charge >= 0.3 is 0 Å². The summed E-state index contributed by atoms with van der Waals surface area (Å²) in [6, 6.07) is 14.6. The van der Waals surface area contributed by atoms with E-state index >= 15 is 0 Å². The van der Waals surface area contributed by atoms with Crippen LogP contribution in [0.25, 0.3) is 10.9 Å². The Bertz CT molecular complexity index is 796. The van der Waals surface area contributed by atoms with E-state index in [9.17, 15) is 0 Å². The van der Waals surface area contributed by atoms with Crippen molar-refractivity contribution >= 4 is 28.4 Å². The van der Waals surface area contributed by atoms with Crippen LogP contribution in [-0.2, 0) is 5.75 Å². The molecule has 0 radical (unpaired) electrons. The number of pyridine rings is 1. The van der Waals surface area contributed by atoms with Crippen molar-refractivity contribution in [1.82, 2.24) is 4.98 Å². The number of rotatable bonds is 3. The highest BCUT2D eigenvalue weighted by Gasteiger charge is 2.07. The summed E-state index contributed by atoms with van der Waals surface area (Å²) in [4.78, 5) is 5.82. The fourth-order valence-electron chi connectivity index (χ4n) is 2.49. The zero-order chi connectivity index (χ0) is 14.8. The number of fused-ring (bicyclic) bond motifs is 1. The lowest BCUT2D eigenvalue weighted by Crippen LogP contribution is -1.93. The molecule has 0 spiro atoms. The van der Waals surface area contributed by atoms with Crippen LogP contribution in [-0.4, -0.2) is 4.98 Å². The van der Waals surface area contributed by atoms with E-state index in [1.807, 2.05) is 36.2 Å². The largest absolute Gasteiger partial charge is 0.398 e. The van der Waals surface area contributed by atoms with Crippen LogP contribution in [0.2, 0.25) is 0 Å². The number of aromatic nitrogens is 1. The number of nitrogen functional groups attached to an aromatic ring is 1. The van der Waals surface area contributed by atoms with Gasteiger partial charge in [0.15, 0.2) is 0 Å². The molecule has 0 bridgehead atoms. The number of anilines is 1. The number of thioether (sulfide) groups is 1. The number of aryl methyl sites for hydroxylation is 2. The Balaban J connectivity index is 1.90. The van der Waals surface area contributed by atoms with E-state index in [1.54, 1.807) is 0 Å². The van der Waals surface area contributed by atoms with Crippen molar-refractivity contribution < 1.29 is 0 Å². The second-order valence-electron chi connectivity index (χ2n) is 5.27. The molecule has 3 aromatic rings. The van der Waals surface area contributed by atoms with Crippen molar-refractivity contribution in [2.24, 2.45) is 0 Å². The van der Waals surface area contributed by atoms with Crippen molar-refractivity contribution in [2.75, 3.05) is 5.73 Å². The van der Waals surface area contributed by atoms with Crippen LogP contribution < -0.4 is 5.73 Å². The van der Waals surface area contributed by atoms with Gasteiger partial charge in [0.25, 0.3) is 0 Å². The predicted molar refractivity (Wildman–Crippen MR) is 91.6 cm³/mol. The summed E-state index contributed by atoms with van der Waals surface area (Å²) in [5, 5.41) is 1.04. The third-order valence-corrected chi connectivity index (χ3v) is 4.82. The van der Waals surface area contributed by atoms with Gasteiger partial charge in [0.1, 0.15) is 0 Å². The SMILES string of the molecule is Cc1ccc(SCc2ccc(N)c3cccnc23)c(C)c1. The zero-order valence-electron chi connectivity index (χ0n) is 12.3. The van der Waals surface area contributed by atoms with Crippen molar-refractivity contribution in [3.8, 4) is 0 Å². The molecule has 21 heavy (non-hydrogen) atoms. The summed E-state index contributed by atoms with van der Waals surface area (Å²) < 4.78 is 0. The number of hydrogen-bond donors (Lipinski definition) is 1. The molecule has 2 aromatic carbocycles. The summed E-state index contributed by atoms with van der Waals surface area (Å²) in [5.41, 5.74) is 11.7. The number of nitrogens with zero attached hydrogens (tertiary/aromatic N) is 1. The Labute approximate surface area is 129 Å². The van der Waals surface area contributed by atoms with Crippen LogP contribution in [0.4, 0.5) is 5.69 Å². The first kappa shape index (κ1) is 14.0. The molecule has 0 amide bonds. The van der Waals surface area contributed by atoms with E-state index in [4.69, 9.17) is 5.73 Å². The monoisotopic (exact) mass is 294 g/mol. The first-order valence-corrected chi connectivity index (χ1v) is 7.96. The maximum absolute atomic E-state index is 6.03. The van der Waals surface area contributed by atoms with Crippen molar-refractivity contribution in [3.05, 3.63) is 65.4 Å². The summed E-state index contributed by atoms with van der Waals surface area (Å²) in [7, 11) is 0.